The highest BCUT2D eigenvalue weighted by molar-refractivity contribution is 7.86. The molecular weight excluding hydrogens is 296 g/mol. The van der Waals surface area contributed by atoms with E-state index in [-0.39, 0.29) is 31.5 Å². The van der Waals surface area contributed by atoms with Crippen molar-refractivity contribution in [2.24, 2.45) is 5.92 Å². The highest BCUT2D eigenvalue weighted by atomic mass is 32.2. The Morgan fingerprint density at radius 3 is 2.57 bits per heavy atom. The lowest BCUT2D eigenvalue weighted by molar-refractivity contribution is -0.149. The van der Waals surface area contributed by atoms with Crippen molar-refractivity contribution in [3.63, 3.8) is 0 Å². The molecule has 0 radical (unpaired) electrons. The highest BCUT2D eigenvalue weighted by Crippen LogP contribution is 2.30. The molecule has 0 aromatic heterocycles. The third-order valence-corrected chi connectivity index (χ3v) is 6.15. The van der Waals surface area contributed by atoms with Gasteiger partial charge in [0.2, 0.25) is 0 Å². The molecule has 0 spiro atoms. The Labute approximate surface area is 126 Å². The molecule has 1 unspecified atom stereocenters. The Bertz CT molecular complexity index is 487. The number of piperidine rings is 1. The van der Waals surface area contributed by atoms with Crippen molar-refractivity contribution in [2.45, 2.75) is 38.7 Å². The predicted octanol–water partition coefficient (Wildman–Crippen LogP) is -0.0370. The summed E-state index contributed by atoms with van der Waals surface area (Å²) in [5.74, 6) is -0.717. The van der Waals surface area contributed by atoms with Crippen LogP contribution in [0.5, 0.6) is 0 Å². The third kappa shape index (κ3) is 3.39. The second-order valence-electron chi connectivity index (χ2n) is 5.80. The van der Waals surface area contributed by atoms with Crippen LogP contribution in [-0.2, 0) is 19.7 Å². The Kier molecular flexibility index (Phi) is 4.92. The normalized spacial score (nSPS) is 27.1. The Balaban J connectivity index is 1.99. The van der Waals surface area contributed by atoms with Crippen LogP contribution in [-0.4, -0.2) is 66.5 Å². The van der Waals surface area contributed by atoms with Gasteiger partial charge in [-0.15, -0.1) is 0 Å². The van der Waals surface area contributed by atoms with Gasteiger partial charge in [-0.1, -0.05) is 6.92 Å². The molecule has 2 saturated heterocycles. The van der Waals surface area contributed by atoms with Gasteiger partial charge in [0.25, 0.3) is 10.2 Å². The van der Waals surface area contributed by atoms with Crippen molar-refractivity contribution in [1.29, 1.82) is 0 Å². The van der Waals surface area contributed by atoms with Crippen LogP contribution < -0.4 is 0 Å². The van der Waals surface area contributed by atoms with E-state index in [2.05, 4.69) is 0 Å². The number of esters is 1. The molecule has 0 aliphatic carbocycles. The number of hydrogen-bond donors (Lipinski definition) is 1. The molecule has 7 nitrogen and oxygen atoms in total. The van der Waals surface area contributed by atoms with Crippen LogP contribution in [0.4, 0.5) is 0 Å². The molecule has 2 aliphatic heterocycles. The lowest BCUT2D eigenvalue weighted by atomic mass is 9.94. The fourth-order valence-electron chi connectivity index (χ4n) is 2.76. The van der Waals surface area contributed by atoms with E-state index >= 15 is 0 Å². The molecule has 21 heavy (non-hydrogen) atoms. The van der Waals surface area contributed by atoms with Crippen molar-refractivity contribution in [3.8, 4) is 0 Å². The van der Waals surface area contributed by atoms with Crippen LogP contribution in [0.2, 0.25) is 0 Å². The van der Waals surface area contributed by atoms with E-state index in [9.17, 15) is 18.3 Å². The molecule has 2 aliphatic rings. The molecule has 122 valence electrons. The Morgan fingerprint density at radius 1 is 1.33 bits per heavy atom. The van der Waals surface area contributed by atoms with Crippen LogP contribution in [0.3, 0.4) is 0 Å². The zero-order valence-corrected chi connectivity index (χ0v) is 13.4. The van der Waals surface area contributed by atoms with Crippen LogP contribution in [0.25, 0.3) is 0 Å². The number of aliphatic hydroxyl groups is 1. The quantitative estimate of drug-likeness (QED) is 0.719. The topological polar surface area (TPSA) is 87.2 Å². The summed E-state index contributed by atoms with van der Waals surface area (Å²) in [6.07, 6.45) is 1.84. The van der Waals surface area contributed by atoms with Crippen LogP contribution in [0.15, 0.2) is 0 Å². The molecule has 0 bridgehead atoms. The Hall–Kier alpha value is -0.700. The van der Waals surface area contributed by atoms with E-state index < -0.39 is 15.8 Å². The molecule has 8 heteroatoms. The van der Waals surface area contributed by atoms with Gasteiger partial charge in [0.1, 0.15) is 0 Å². The summed E-state index contributed by atoms with van der Waals surface area (Å²) >= 11 is 0. The fraction of sp³-hybridized carbons (Fsp3) is 0.923. The first-order valence-corrected chi connectivity index (χ1v) is 8.86. The van der Waals surface area contributed by atoms with Crippen molar-refractivity contribution >= 4 is 16.2 Å². The van der Waals surface area contributed by atoms with Crippen molar-refractivity contribution in [3.05, 3.63) is 0 Å². The molecule has 0 saturated carbocycles. The second kappa shape index (κ2) is 6.20. The molecule has 2 fully saturated rings. The van der Waals surface area contributed by atoms with E-state index in [0.717, 1.165) is 0 Å². The van der Waals surface area contributed by atoms with E-state index in [1.807, 2.05) is 6.92 Å². The average Bonchev–Trinajstić information content (AvgIpc) is 2.44. The Morgan fingerprint density at radius 2 is 2.00 bits per heavy atom. The summed E-state index contributed by atoms with van der Waals surface area (Å²) in [4.78, 5) is 11.8. The van der Waals surface area contributed by atoms with Crippen LogP contribution in [0.1, 0.15) is 33.1 Å². The van der Waals surface area contributed by atoms with Crippen molar-refractivity contribution < 1.29 is 23.1 Å². The minimum Gasteiger partial charge on any atom is -0.466 e. The van der Waals surface area contributed by atoms with Gasteiger partial charge in [-0.25, -0.2) is 0 Å². The number of nitrogens with zero attached hydrogens (tertiary/aromatic N) is 2. The van der Waals surface area contributed by atoms with Gasteiger partial charge in [-0.3, -0.25) is 4.79 Å². The highest BCUT2D eigenvalue weighted by Gasteiger charge is 2.48. The molecular formula is C13H24N2O5S. The van der Waals surface area contributed by atoms with E-state index in [1.165, 1.54) is 8.61 Å². The van der Waals surface area contributed by atoms with E-state index in [0.29, 0.717) is 32.4 Å². The van der Waals surface area contributed by atoms with Gasteiger partial charge in [-0.05, 0) is 26.2 Å². The minimum absolute atomic E-state index is 0.131. The molecule has 2 heterocycles. The molecule has 0 amide bonds. The van der Waals surface area contributed by atoms with Gasteiger partial charge >= 0.3 is 5.97 Å². The first-order valence-electron chi connectivity index (χ1n) is 7.46. The number of carbonyl (C=O) groups is 1. The smallest absolute Gasteiger partial charge is 0.310 e. The van der Waals surface area contributed by atoms with Crippen molar-refractivity contribution in [1.82, 2.24) is 8.61 Å². The number of carbonyl (C=O) groups excluding carboxylic acids is 1. The van der Waals surface area contributed by atoms with Gasteiger partial charge in [0.15, 0.2) is 0 Å². The molecule has 0 aromatic carbocycles. The van der Waals surface area contributed by atoms with Gasteiger partial charge < -0.3 is 9.84 Å². The summed E-state index contributed by atoms with van der Waals surface area (Å²) < 4.78 is 32.6. The van der Waals surface area contributed by atoms with Gasteiger partial charge in [-0.2, -0.15) is 17.0 Å². The zero-order chi connectivity index (χ0) is 15.7. The maximum Gasteiger partial charge on any atom is 0.310 e. The molecule has 2 rings (SSSR count). The maximum absolute atomic E-state index is 12.5. The standard InChI is InChI=1S/C13H24N2O5S/c1-3-13(17)9-15(10-13)21(18,19)14-7-5-6-11(8-14)12(16)20-4-2/h11,17H,3-10H2,1-2H3. The van der Waals surface area contributed by atoms with Gasteiger partial charge in [0, 0.05) is 26.2 Å². The third-order valence-electron chi connectivity index (χ3n) is 4.26. The summed E-state index contributed by atoms with van der Waals surface area (Å²) in [5.41, 5.74) is -0.899. The summed E-state index contributed by atoms with van der Waals surface area (Å²) in [5, 5.41) is 9.96. The minimum atomic E-state index is -3.59. The summed E-state index contributed by atoms with van der Waals surface area (Å²) in [6.45, 7) is 4.72. The zero-order valence-electron chi connectivity index (χ0n) is 12.6. The molecule has 0 aromatic rings. The van der Waals surface area contributed by atoms with Crippen LogP contribution in [0, 0.1) is 5.92 Å². The number of hydrogen-bond acceptors (Lipinski definition) is 5. The summed E-state index contributed by atoms with van der Waals surface area (Å²) in [6, 6.07) is 0. The van der Waals surface area contributed by atoms with Crippen molar-refractivity contribution in [2.75, 3.05) is 32.8 Å². The second-order valence-corrected chi connectivity index (χ2v) is 7.73. The lowest BCUT2D eigenvalue weighted by Crippen LogP contribution is -2.66. The van der Waals surface area contributed by atoms with Crippen LogP contribution >= 0.6 is 0 Å². The number of rotatable bonds is 5. The van der Waals surface area contributed by atoms with E-state index in [4.69, 9.17) is 4.74 Å². The first kappa shape index (κ1) is 16.7. The number of ether oxygens (including phenoxy) is 1. The molecule has 1 atom stereocenters. The molecule has 1 N–H and O–H groups in total. The fourth-order valence-corrected chi connectivity index (χ4v) is 4.63. The summed E-state index contributed by atoms with van der Waals surface area (Å²) in [7, 11) is -3.59. The number of β-amino-alcohol motifs (C(OH)–C–C–N with tert-alkyl or cyclic N) is 1. The predicted molar refractivity (Wildman–Crippen MR) is 76.7 cm³/mol. The maximum atomic E-state index is 12.5. The average molecular weight is 320 g/mol. The van der Waals surface area contributed by atoms with Gasteiger partial charge in [0.05, 0.1) is 18.1 Å². The monoisotopic (exact) mass is 320 g/mol. The largest absolute Gasteiger partial charge is 0.466 e. The first-order chi connectivity index (χ1) is 9.82. The lowest BCUT2D eigenvalue weighted by Gasteiger charge is -2.47. The van der Waals surface area contributed by atoms with E-state index in [1.54, 1.807) is 6.92 Å². The SMILES string of the molecule is CCOC(=O)C1CCCN(S(=O)(=O)N2CC(O)(CC)C2)C1.